The fraction of sp³-hybridized carbons (Fsp3) is 0.625. The highest BCUT2D eigenvalue weighted by Crippen LogP contribution is 2.36. The van der Waals surface area contributed by atoms with Gasteiger partial charge >= 0.3 is 6.18 Å². The Balaban J connectivity index is 2.26. The van der Waals surface area contributed by atoms with Crippen LogP contribution in [0.2, 0.25) is 0 Å². The maximum Gasteiger partial charge on any atom is 0.416 e. The van der Waals surface area contributed by atoms with Crippen molar-refractivity contribution in [2.75, 3.05) is 18.0 Å². The number of alkyl halides is 3. The van der Waals surface area contributed by atoms with E-state index in [4.69, 9.17) is 0 Å². The summed E-state index contributed by atoms with van der Waals surface area (Å²) in [5.74, 6) is 0. The largest absolute Gasteiger partial charge is 0.416 e. The van der Waals surface area contributed by atoms with Crippen molar-refractivity contribution in [1.29, 1.82) is 0 Å². The van der Waals surface area contributed by atoms with Crippen LogP contribution in [0.1, 0.15) is 44.2 Å². The van der Waals surface area contributed by atoms with E-state index in [1.807, 2.05) is 13.0 Å². The Bertz CT molecular complexity index is 471. The molecule has 1 heterocycles. The third-order valence-electron chi connectivity index (χ3n) is 4.03. The van der Waals surface area contributed by atoms with Crippen molar-refractivity contribution in [3.05, 3.63) is 29.3 Å². The van der Waals surface area contributed by atoms with Gasteiger partial charge in [0.1, 0.15) is 0 Å². The van der Waals surface area contributed by atoms with Gasteiger partial charge in [0, 0.05) is 24.8 Å². The van der Waals surface area contributed by atoms with Crippen LogP contribution in [0.15, 0.2) is 18.2 Å². The number of anilines is 1. The summed E-state index contributed by atoms with van der Waals surface area (Å²) >= 11 is 0. The number of hydrogen-bond acceptors (Lipinski definition) is 2. The van der Waals surface area contributed by atoms with E-state index in [9.17, 15) is 13.2 Å². The maximum atomic E-state index is 13.3. The molecule has 1 aliphatic heterocycles. The van der Waals surface area contributed by atoms with Gasteiger partial charge in [-0.3, -0.25) is 0 Å². The van der Waals surface area contributed by atoms with E-state index >= 15 is 0 Å². The summed E-state index contributed by atoms with van der Waals surface area (Å²) in [4.78, 5) is 2.07. The van der Waals surface area contributed by atoms with Gasteiger partial charge in [-0.1, -0.05) is 13.0 Å². The molecule has 0 aliphatic carbocycles. The van der Waals surface area contributed by atoms with Crippen molar-refractivity contribution in [3.8, 4) is 0 Å². The third-order valence-corrected chi connectivity index (χ3v) is 4.03. The Morgan fingerprint density at radius 3 is 2.67 bits per heavy atom. The number of hydrogen-bond donors (Lipinski definition) is 1. The standard InChI is InChI=1S/C16H23F3N2/c1-3-8-20-11-13-6-7-14(10-15(13)16(17,18)19)21-9-4-5-12(21)2/h6-7,10,12,20H,3-5,8-9,11H2,1-2H3. The first-order chi connectivity index (χ1) is 9.93. The second-order valence-electron chi connectivity index (χ2n) is 5.70. The molecule has 118 valence electrons. The van der Waals surface area contributed by atoms with Gasteiger partial charge in [0.25, 0.3) is 0 Å². The lowest BCUT2D eigenvalue weighted by molar-refractivity contribution is -0.138. The highest BCUT2D eigenvalue weighted by atomic mass is 19.4. The molecule has 21 heavy (non-hydrogen) atoms. The minimum atomic E-state index is -4.30. The van der Waals surface area contributed by atoms with Gasteiger partial charge in [-0.05, 0) is 50.4 Å². The van der Waals surface area contributed by atoms with Crippen molar-refractivity contribution in [2.24, 2.45) is 0 Å². The Morgan fingerprint density at radius 1 is 1.33 bits per heavy atom. The lowest BCUT2D eigenvalue weighted by Crippen LogP contribution is -2.27. The first-order valence-electron chi connectivity index (χ1n) is 7.61. The van der Waals surface area contributed by atoms with E-state index in [-0.39, 0.29) is 6.54 Å². The van der Waals surface area contributed by atoms with Crippen LogP contribution in [0.25, 0.3) is 0 Å². The van der Waals surface area contributed by atoms with Crippen molar-refractivity contribution < 1.29 is 13.2 Å². The highest BCUT2D eigenvalue weighted by molar-refractivity contribution is 5.53. The normalized spacial score (nSPS) is 19.3. The molecule has 0 spiro atoms. The molecule has 1 unspecified atom stereocenters. The third kappa shape index (κ3) is 3.90. The van der Waals surface area contributed by atoms with Crippen molar-refractivity contribution in [2.45, 2.75) is 51.9 Å². The van der Waals surface area contributed by atoms with Crippen molar-refractivity contribution in [3.63, 3.8) is 0 Å². The molecule has 1 saturated heterocycles. The van der Waals surface area contributed by atoms with Gasteiger partial charge in [-0.15, -0.1) is 0 Å². The summed E-state index contributed by atoms with van der Waals surface area (Å²) in [6.45, 7) is 5.89. The van der Waals surface area contributed by atoms with Gasteiger partial charge in [0.2, 0.25) is 0 Å². The molecule has 0 radical (unpaired) electrons. The predicted molar refractivity (Wildman–Crippen MR) is 79.5 cm³/mol. The molecule has 1 aliphatic rings. The monoisotopic (exact) mass is 300 g/mol. The second kappa shape index (κ2) is 6.69. The number of nitrogens with one attached hydrogen (secondary N) is 1. The number of halogens is 3. The summed E-state index contributed by atoms with van der Waals surface area (Å²) in [5, 5.41) is 3.05. The maximum absolute atomic E-state index is 13.3. The Labute approximate surface area is 124 Å². The number of benzene rings is 1. The van der Waals surface area contributed by atoms with Crippen LogP contribution < -0.4 is 10.2 Å². The topological polar surface area (TPSA) is 15.3 Å². The molecule has 5 heteroatoms. The number of rotatable bonds is 5. The van der Waals surface area contributed by atoms with Crippen LogP contribution >= 0.6 is 0 Å². The van der Waals surface area contributed by atoms with Crippen LogP contribution in [0.5, 0.6) is 0 Å². The van der Waals surface area contributed by atoms with Gasteiger partial charge < -0.3 is 10.2 Å². The fourth-order valence-corrected chi connectivity index (χ4v) is 2.88. The predicted octanol–water partition coefficient (Wildman–Crippen LogP) is 4.19. The van der Waals surface area contributed by atoms with Gasteiger partial charge in [-0.2, -0.15) is 13.2 Å². The number of nitrogens with zero attached hydrogens (tertiary/aromatic N) is 1. The molecular formula is C16H23F3N2. The smallest absolute Gasteiger partial charge is 0.369 e. The zero-order chi connectivity index (χ0) is 15.5. The summed E-state index contributed by atoms with van der Waals surface area (Å²) in [7, 11) is 0. The molecule has 1 atom stereocenters. The molecule has 0 aromatic heterocycles. The molecule has 1 fully saturated rings. The van der Waals surface area contributed by atoms with Crippen LogP contribution in [-0.4, -0.2) is 19.1 Å². The van der Waals surface area contributed by atoms with E-state index in [1.54, 1.807) is 6.07 Å². The van der Waals surface area contributed by atoms with E-state index in [0.29, 0.717) is 17.3 Å². The summed E-state index contributed by atoms with van der Waals surface area (Å²) in [6, 6.07) is 5.06. The molecule has 1 N–H and O–H groups in total. The van der Waals surface area contributed by atoms with E-state index in [1.165, 1.54) is 6.07 Å². The molecular weight excluding hydrogens is 277 g/mol. The molecule has 2 nitrogen and oxygen atoms in total. The van der Waals surface area contributed by atoms with Gasteiger partial charge in [0.15, 0.2) is 0 Å². The minimum absolute atomic E-state index is 0.262. The quantitative estimate of drug-likeness (QED) is 0.820. The van der Waals surface area contributed by atoms with Crippen molar-refractivity contribution >= 4 is 5.69 Å². The first kappa shape index (κ1) is 16.1. The van der Waals surface area contributed by atoms with E-state index < -0.39 is 11.7 Å². The summed E-state index contributed by atoms with van der Waals surface area (Å²) < 4.78 is 39.8. The average molecular weight is 300 g/mol. The van der Waals surface area contributed by atoms with Gasteiger partial charge in [-0.25, -0.2) is 0 Å². The first-order valence-corrected chi connectivity index (χ1v) is 7.61. The van der Waals surface area contributed by atoms with Crippen LogP contribution in [0.4, 0.5) is 18.9 Å². The zero-order valence-electron chi connectivity index (χ0n) is 12.6. The summed E-state index contributed by atoms with van der Waals surface area (Å²) in [5.41, 5.74) is 0.501. The lowest BCUT2D eigenvalue weighted by atomic mass is 10.0. The fourth-order valence-electron chi connectivity index (χ4n) is 2.88. The highest BCUT2D eigenvalue weighted by Gasteiger charge is 2.34. The van der Waals surface area contributed by atoms with Crippen LogP contribution in [-0.2, 0) is 12.7 Å². The van der Waals surface area contributed by atoms with E-state index in [0.717, 1.165) is 32.4 Å². The average Bonchev–Trinajstić information content (AvgIpc) is 2.84. The minimum Gasteiger partial charge on any atom is -0.369 e. The van der Waals surface area contributed by atoms with Crippen LogP contribution in [0.3, 0.4) is 0 Å². The molecule has 1 aromatic carbocycles. The molecule has 0 saturated carbocycles. The SMILES string of the molecule is CCCNCc1ccc(N2CCCC2C)cc1C(F)(F)F. The molecule has 0 amide bonds. The summed E-state index contributed by atoms with van der Waals surface area (Å²) in [6.07, 6.45) is -1.31. The van der Waals surface area contributed by atoms with E-state index in [2.05, 4.69) is 17.1 Å². The molecule has 1 aromatic rings. The Morgan fingerprint density at radius 2 is 2.10 bits per heavy atom. The lowest BCUT2D eigenvalue weighted by Gasteiger charge is -2.25. The van der Waals surface area contributed by atoms with Crippen molar-refractivity contribution in [1.82, 2.24) is 5.32 Å². The zero-order valence-corrected chi connectivity index (χ0v) is 12.6. The Kier molecular flexibility index (Phi) is 5.14. The Hall–Kier alpha value is -1.23. The second-order valence-corrected chi connectivity index (χ2v) is 5.70. The molecule has 0 bridgehead atoms. The van der Waals surface area contributed by atoms with Crippen LogP contribution in [0, 0.1) is 0 Å². The van der Waals surface area contributed by atoms with Gasteiger partial charge in [0.05, 0.1) is 5.56 Å². The molecule has 2 rings (SSSR count).